The van der Waals surface area contributed by atoms with Gasteiger partial charge in [-0.1, -0.05) is 31.1 Å². The van der Waals surface area contributed by atoms with Gasteiger partial charge in [0.1, 0.15) is 40.8 Å². The van der Waals surface area contributed by atoms with Gasteiger partial charge in [-0.3, -0.25) is 19.1 Å². The van der Waals surface area contributed by atoms with Crippen LogP contribution in [-0.2, 0) is 29.1 Å². The Morgan fingerprint density at radius 1 is 1.07 bits per heavy atom. The Morgan fingerprint density at radius 2 is 1.83 bits per heavy atom. The lowest BCUT2D eigenvalue weighted by Crippen LogP contribution is -2.59. The van der Waals surface area contributed by atoms with Crippen molar-refractivity contribution in [1.82, 2.24) is 25.2 Å². The number of amides is 4. The van der Waals surface area contributed by atoms with E-state index in [2.05, 4.69) is 28.0 Å². The first-order valence-corrected chi connectivity index (χ1v) is 22.6. The van der Waals surface area contributed by atoms with Crippen molar-refractivity contribution in [2.75, 3.05) is 20.3 Å². The number of sulfonamides is 1. The van der Waals surface area contributed by atoms with Crippen molar-refractivity contribution in [3.05, 3.63) is 42.5 Å². The van der Waals surface area contributed by atoms with Gasteiger partial charge in [0, 0.05) is 35.4 Å². The molecule has 59 heavy (non-hydrogen) atoms. The summed E-state index contributed by atoms with van der Waals surface area (Å²) in [4.78, 5) is 63.4. The molecular formula is C43H55N5O10S. The van der Waals surface area contributed by atoms with Crippen LogP contribution in [0.25, 0.3) is 17.0 Å². The van der Waals surface area contributed by atoms with Crippen molar-refractivity contribution < 1.29 is 46.5 Å². The van der Waals surface area contributed by atoms with Crippen molar-refractivity contribution in [3.8, 4) is 17.4 Å². The Balaban J connectivity index is 1.20. The summed E-state index contributed by atoms with van der Waals surface area (Å²) in [7, 11) is -2.33. The Labute approximate surface area is 345 Å². The van der Waals surface area contributed by atoms with Crippen LogP contribution in [0.3, 0.4) is 0 Å². The summed E-state index contributed by atoms with van der Waals surface area (Å²) in [5, 5.41) is 5.84. The van der Waals surface area contributed by atoms with Crippen LogP contribution in [0, 0.1) is 17.8 Å². The average molecular weight is 834 g/mol. The van der Waals surface area contributed by atoms with E-state index < -0.39 is 68.2 Å². The summed E-state index contributed by atoms with van der Waals surface area (Å²) < 4.78 is 52.6. The van der Waals surface area contributed by atoms with Gasteiger partial charge < -0.3 is 34.5 Å². The van der Waals surface area contributed by atoms with E-state index in [-0.39, 0.29) is 37.3 Å². The first-order valence-electron chi connectivity index (χ1n) is 21.1. The SMILES string of the molecule is C=C[C@H]1C[C@@]1(NC(=O)[C@@H]1C[C@]2(C)CN1C(=O)[C@H](C1CCCC1)NC(=O)O[C@@H]1CCC[C@H]1C/C=C/c1cc3c(cc(OCC)nc3cc1OC)O2)C(=O)NS(=O)(=O)C1CC1. The fraction of sp³-hybridized carbons (Fsp3) is 0.605. The van der Waals surface area contributed by atoms with Crippen LogP contribution in [-0.4, -0.2) is 97.0 Å². The molecule has 15 nitrogen and oxygen atoms in total. The third-order valence-corrected chi connectivity index (χ3v) is 14.9. The predicted octanol–water partition coefficient (Wildman–Crippen LogP) is 4.92. The zero-order valence-corrected chi connectivity index (χ0v) is 34.8. The van der Waals surface area contributed by atoms with Crippen LogP contribution in [0.2, 0.25) is 0 Å². The maximum absolute atomic E-state index is 15.1. The van der Waals surface area contributed by atoms with Crippen molar-refractivity contribution in [2.24, 2.45) is 17.8 Å². The van der Waals surface area contributed by atoms with Crippen molar-refractivity contribution in [1.29, 1.82) is 0 Å². The molecule has 5 fully saturated rings. The summed E-state index contributed by atoms with van der Waals surface area (Å²) in [6.45, 7) is 7.79. The number of nitrogens with zero attached hydrogens (tertiary/aromatic N) is 2. The van der Waals surface area contributed by atoms with Gasteiger partial charge in [0.2, 0.25) is 27.7 Å². The molecule has 0 spiro atoms. The molecule has 318 valence electrons. The molecule has 1 aromatic heterocycles. The van der Waals surface area contributed by atoms with Gasteiger partial charge in [-0.2, -0.15) is 0 Å². The quantitative estimate of drug-likeness (QED) is 0.276. The number of pyridine rings is 1. The van der Waals surface area contributed by atoms with E-state index >= 15 is 4.79 Å². The molecule has 16 heteroatoms. The molecule has 3 N–H and O–H groups in total. The molecule has 0 unspecified atom stereocenters. The second-order valence-corrected chi connectivity index (χ2v) is 19.3. The maximum Gasteiger partial charge on any atom is 0.408 e. The fourth-order valence-corrected chi connectivity index (χ4v) is 11.0. The van der Waals surface area contributed by atoms with E-state index in [4.69, 9.17) is 23.9 Å². The van der Waals surface area contributed by atoms with Gasteiger partial charge in [-0.15, -0.1) is 6.58 Å². The van der Waals surface area contributed by atoms with Crippen LogP contribution in [0.15, 0.2) is 36.9 Å². The molecule has 4 bridgehead atoms. The average Bonchev–Trinajstić information content (AvgIpc) is 4.01. The Morgan fingerprint density at radius 3 is 2.53 bits per heavy atom. The van der Waals surface area contributed by atoms with Crippen LogP contribution in [0.1, 0.15) is 96.5 Å². The summed E-state index contributed by atoms with van der Waals surface area (Å²) in [5.41, 5.74) is -1.41. The topological polar surface area (TPSA) is 192 Å². The number of hydrogen-bond acceptors (Lipinski definition) is 11. The summed E-state index contributed by atoms with van der Waals surface area (Å²) in [6.07, 6.45) is 12.0. The minimum absolute atomic E-state index is 0.00366. The molecule has 2 aromatic rings. The molecular weight excluding hydrogens is 779 g/mol. The van der Waals surface area contributed by atoms with E-state index in [0.717, 1.165) is 31.2 Å². The van der Waals surface area contributed by atoms with Crippen LogP contribution >= 0.6 is 0 Å². The van der Waals surface area contributed by atoms with E-state index in [1.165, 1.54) is 11.0 Å². The number of nitrogens with one attached hydrogen (secondary N) is 3. The zero-order valence-electron chi connectivity index (χ0n) is 34.0. The smallest absolute Gasteiger partial charge is 0.408 e. The van der Waals surface area contributed by atoms with E-state index in [0.29, 0.717) is 73.4 Å². The number of methoxy groups -OCH3 is 1. The number of aromatic nitrogens is 1. The van der Waals surface area contributed by atoms with Crippen LogP contribution < -0.4 is 29.6 Å². The summed E-state index contributed by atoms with van der Waals surface area (Å²) in [5.74, 6) is -1.24. The largest absolute Gasteiger partial charge is 0.496 e. The molecule has 7 atom stereocenters. The third-order valence-electron chi connectivity index (χ3n) is 13.1. The Hall–Kier alpha value is -4.86. The number of allylic oxidation sites excluding steroid dienone is 1. The van der Waals surface area contributed by atoms with Gasteiger partial charge in [0.15, 0.2) is 0 Å². The first-order chi connectivity index (χ1) is 28.3. The minimum Gasteiger partial charge on any atom is -0.496 e. The monoisotopic (exact) mass is 833 g/mol. The lowest BCUT2D eigenvalue weighted by molar-refractivity contribution is -0.142. The second-order valence-electron chi connectivity index (χ2n) is 17.4. The highest BCUT2D eigenvalue weighted by Gasteiger charge is 2.62. The van der Waals surface area contributed by atoms with E-state index in [1.807, 2.05) is 32.1 Å². The molecule has 1 aromatic carbocycles. The standard InChI is InChI=1S/C43H55N5O10S/c1-5-28-22-43(28,40(51)47-59(53,54)29-17-18-29)46-38(49)32-23-42(3)24-48(32)39(50)37(26-11-7-8-12-26)45-41(52)57-33-16-10-14-25(33)13-9-15-27-19-30-31(20-34(27)55-4)44-36(56-6-2)21-35(30)58-42/h5,9,15,19-21,25-26,28-29,32-33,37H,1,6-8,10-14,16-18,22-24H2,2-4H3,(H,45,52)(H,46,49)(H,47,51)/b15-9+/t25-,28+,32+,33-,37+,42-,43+/m1/s1. The number of rotatable bonds is 10. The van der Waals surface area contributed by atoms with E-state index in [1.54, 1.807) is 13.2 Å². The third kappa shape index (κ3) is 8.21. The van der Waals surface area contributed by atoms with Crippen LogP contribution in [0.5, 0.6) is 17.4 Å². The first kappa shape index (κ1) is 40.9. The molecule has 1 saturated heterocycles. The van der Waals surface area contributed by atoms with Gasteiger partial charge in [-0.25, -0.2) is 18.2 Å². The normalized spacial score (nSPS) is 31.6. The van der Waals surface area contributed by atoms with Crippen molar-refractivity contribution in [2.45, 2.75) is 125 Å². The van der Waals surface area contributed by atoms with Gasteiger partial charge in [-0.05, 0) is 89.5 Å². The molecule has 4 saturated carbocycles. The highest BCUT2D eigenvalue weighted by Crippen LogP contribution is 2.46. The summed E-state index contributed by atoms with van der Waals surface area (Å²) in [6, 6.07) is 3.32. The molecule has 3 heterocycles. The number of alkyl carbamates (subject to hydrolysis) is 1. The minimum atomic E-state index is -3.92. The molecule has 4 aliphatic carbocycles. The molecule has 0 radical (unpaired) electrons. The number of fused-ring (bicyclic) bond motifs is 4. The molecule has 2 aliphatic heterocycles. The lowest BCUT2D eigenvalue weighted by Gasteiger charge is -2.33. The maximum atomic E-state index is 15.1. The fourth-order valence-electron chi connectivity index (χ4n) is 9.65. The number of ether oxygens (including phenoxy) is 4. The van der Waals surface area contributed by atoms with Gasteiger partial charge >= 0.3 is 6.09 Å². The Bertz CT molecular complexity index is 2170. The lowest BCUT2D eigenvalue weighted by atomic mass is 9.96. The predicted molar refractivity (Wildman–Crippen MR) is 218 cm³/mol. The molecule has 4 amide bonds. The van der Waals surface area contributed by atoms with Crippen molar-refractivity contribution in [3.63, 3.8) is 0 Å². The second kappa shape index (κ2) is 16.0. The highest BCUT2D eigenvalue weighted by molar-refractivity contribution is 7.91. The number of carbonyl (C=O) groups is 4. The molecule has 6 aliphatic rings. The van der Waals surface area contributed by atoms with Crippen LogP contribution in [0.4, 0.5) is 4.79 Å². The number of hydrogen-bond donors (Lipinski definition) is 3. The Kier molecular flexibility index (Phi) is 11.1. The van der Waals surface area contributed by atoms with Gasteiger partial charge in [0.05, 0.1) is 31.0 Å². The molecule has 8 rings (SSSR count). The zero-order chi connectivity index (χ0) is 41.7. The summed E-state index contributed by atoms with van der Waals surface area (Å²) >= 11 is 0. The van der Waals surface area contributed by atoms with Gasteiger partial charge in [0.25, 0.3) is 5.91 Å². The number of carbonyl (C=O) groups excluding carboxylic acids is 4. The van der Waals surface area contributed by atoms with E-state index in [9.17, 15) is 22.8 Å². The number of benzene rings is 1. The highest BCUT2D eigenvalue weighted by atomic mass is 32.2. The van der Waals surface area contributed by atoms with Crippen molar-refractivity contribution >= 4 is 50.8 Å².